The van der Waals surface area contributed by atoms with Gasteiger partial charge < -0.3 is 23.5 Å². The molecule has 0 bridgehead atoms. The number of rotatable bonds is 8. The quantitative estimate of drug-likeness (QED) is 0.443. The molecule has 1 fully saturated rings. The van der Waals surface area contributed by atoms with E-state index in [9.17, 15) is 9.59 Å². The van der Waals surface area contributed by atoms with E-state index < -0.39 is 19.1 Å². The molecule has 4 rings (SSSR count). The van der Waals surface area contributed by atoms with Gasteiger partial charge in [0.1, 0.15) is 24.2 Å². The Morgan fingerprint density at radius 2 is 1.76 bits per heavy atom. The van der Waals surface area contributed by atoms with E-state index in [2.05, 4.69) is 6.07 Å². The highest BCUT2D eigenvalue weighted by atomic mass is 16.6. The third-order valence-corrected chi connectivity index (χ3v) is 5.57. The lowest BCUT2D eigenvalue weighted by Crippen LogP contribution is -2.47. The zero-order valence-corrected chi connectivity index (χ0v) is 19.0. The first-order chi connectivity index (χ1) is 16.0. The van der Waals surface area contributed by atoms with Crippen molar-refractivity contribution < 1.29 is 33.1 Å². The second kappa shape index (κ2) is 10.7. The van der Waals surface area contributed by atoms with Crippen LogP contribution >= 0.6 is 0 Å². The van der Waals surface area contributed by atoms with Crippen LogP contribution in [0.4, 0.5) is 0 Å². The maximum Gasteiger partial charge on any atom is 0.636 e. The van der Waals surface area contributed by atoms with Crippen LogP contribution in [0.5, 0.6) is 11.5 Å². The van der Waals surface area contributed by atoms with E-state index in [4.69, 9.17) is 23.5 Å². The predicted molar refractivity (Wildman–Crippen MR) is 122 cm³/mol. The number of carbonyl (C=O) groups excluding carboxylic acids is 2. The molecule has 1 saturated heterocycles. The van der Waals surface area contributed by atoms with Crippen LogP contribution in [0.25, 0.3) is 0 Å². The number of nitrogens with zero attached hydrogens (tertiary/aromatic N) is 1. The van der Waals surface area contributed by atoms with Crippen LogP contribution < -0.4 is 14.9 Å². The summed E-state index contributed by atoms with van der Waals surface area (Å²) < 4.78 is 28.1. The largest absolute Gasteiger partial charge is 0.636 e. The fraction of sp³-hybridized carbons (Fsp3) is 0.417. The molecule has 1 aliphatic carbocycles. The average molecular weight is 453 g/mol. The Morgan fingerprint density at radius 3 is 2.45 bits per heavy atom. The van der Waals surface area contributed by atoms with Gasteiger partial charge in [-0.3, -0.25) is 14.5 Å². The molecule has 2 aromatic carbocycles. The first-order valence-electron chi connectivity index (χ1n) is 11.2. The molecule has 0 saturated carbocycles. The molecule has 9 heteroatoms. The molecule has 1 heterocycles. The second-order valence-corrected chi connectivity index (χ2v) is 8.07. The number of hydrogen-bond acceptors (Lipinski definition) is 8. The molecular weight excluding hydrogens is 425 g/mol. The average Bonchev–Trinajstić information content (AvgIpc) is 3.19. The zero-order valence-electron chi connectivity index (χ0n) is 19.0. The van der Waals surface area contributed by atoms with Crippen molar-refractivity contribution in [2.75, 3.05) is 40.0 Å². The summed E-state index contributed by atoms with van der Waals surface area (Å²) >= 11 is 0. The van der Waals surface area contributed by atoms with Gasteiger partial charge in [-0.05, 0) is 50.6 Å². The van der Waals surface area contributed by atoms with E-state index in [1.807, 2.05) is 19.1 Å². The van der Waals surface area contributed by atoms with Gasteiger partial charge in [-0.2, -0.15) is 0 Å². The molecule has 0 radical (unpaired) electrons. The fourth-order valence-electron chi connectivity index (χ4n) is 4.03. The van der Waals surface area contributed by atoms with Gasteiger partial charge >= 0.3 is 19.1 Å². The van der Waals surface area contributed by atoms with Gasteiger partial charge in [-0.25, -0.2) is 0 Å². The maximum absolute atomic E-state index is 12.0. The number of carbonyl (C=O) groups is 2. The van der Waals surface area contributed by atoms with E-state index in [0.717, 1.165) is 24.2 Å². The molecule has 174 valence electrons. The number of fused-ring (bicyclic) bond motifs is 1. The number of hydrogen-bond donors (Lipinski definition) is 0. The summed E-state index contributed by atoms with van der Waals surface area (Å²) in [4.78, 5) is 25.5. The molecule has 0 spiro atoms. The SMILES string of the molecule is CCOCCOc1cccc2c1CCC2Oc1ccc(B2OC(=O)CN(C)CC(=O)O2)cc1. The van der Waals surface area contributed by atoms with Gasteiger partial charge in [0, 0.05) is 17.6 Å². The normalized spacial score (nSPS) is 18.7. The number of benzene rings is 2. The summed E-state index contributed by atoms with van der Waals surface area (Å²) in [5, 5.41) is 0. The van der Waals surface area contributed by atoms with Crippen LogP contribution in [-0.2, 0) is 30.1 Å². The standard InChI is InChI=1S/C24H28BNO7/c1-3-29-13-14-30-21-6-4-5-19-20(21)11-12-22(19)31-18-9-7-17(8-10-18)25-32-23(27)15-26(2)16-24(28)33-25/h4-10,22H,3,11-16H2,1-2H3. The summed E-state index contributed by atoms with van der Waals surface area (Å²) in [7, 11) is 0.600. The molecular formula is C24H28BNO7. The third kappa shape index (κ3) is 5.86. The zero-order chi connectivity index (χ0) is 23.2. The van der Waals surface area contributed by atoms with Crippen LogP contribution in [0.15, 0.2) is 42.5 Å². The van der Waals surface area contributed by atoms with Crippen molar-refractivity contribution in [2.45, 2.75) is 25.9 Å². The molecule has 2 aromatic rings. The van der Waals surface area contributed by atoms with Crippen LogP contribution in [0.3, 0.4) is 0 Å². The molecule has 2 aliphatic rings. The van der Waals surface area contributed by atoms with E-state index in [0.29, 0.717) is 31.0 Å². The highest BCUT2D eigenvalue weighted by molar-refractivity contribution is 6.64. The van der Waals surface area contributed by atoms with Crippen LogP contribution in [-0.4, -0.2) is 63.9 Å². The summed E-state index contributed by atoms with van der Waals surface area (Å²) in [6.45, 7) is 3.79. The lowest BCUT2D eigenvalue weighted by atomic mass is 9.78. The first kappa shape index (κ1) is 23.1. The Hall–Kier alpha value is -3.04. The fourth-order valence-corrected chi connectivity index (χ4v) is 4.03. The second-order valence-electron chi connectivity index (χ2n) is 8.07. The highest BCUT2D eigenvalue weighted by Crippen LogP contribution is 2.39. The van der Waals surface area contributed by atoms with Gasteiger partial charge in [0.25, 0.3) is 0 Å². The Kier molecular flexibility index (Phi) is 7.52. The molecule has 0 aromatic heterocycles. The van der Waals surface area contributed by atoms with Crippen molar-refractivity contribution in [3.05, 3.63) is 53.6 Å². The topological polar surface area (TPSA) is 83.5 Å². The van der Waals surface area contributed by atoms with Crippen molar-refractivity contribution in [3.8, 4) is 11.5 Å². The first-order valence-corrected chi connectivity index (χ1v) is 11.2. The predicted octanol–water partition coefficient (Wildman–Crippen LogP) is 1.90. The summed E-state index contributed by atoms with van der Waals surface area (Å²) in [6, 6.07) is 13.1. The van der Waals surface area contributed by atoms with Gasteiger partial charge in [-0.15, -0.1) is 0 Å². The van der Waals surface area contributed by atoms with Gasteiger partial charge in [0.05, 0.1) is 19.7 Å². The van der Waals surface area contributed by atoms with E-state index in [-0.39, 0.29) is 19.2 Å². The summed E-state index contributed by atoms with van der Waals surface area (Å²) in [5.41, 5.74) is 2.87. The van der Waals surface area contributed by atoms with Crippen molar-refractivity contribution in [1.29, 1.82) is 0 Å². The lowest BCUT2D eigenvalue weighted by Gasteiger charge is -2.22. The maximum atomic E-state index is 12.0. The Morgan fingerprint density at radius 1 is 1.03 bits per heavy atom. The van der Waals surface area contributed by atoms with Crippen LogP contribution in [0.1, 0.15) is 30.6 Å². The van der Waals surface area contributed by atoms with Crippen molar-refractivity contribution >= 4 is 24.5 Å². The molecule has 33 heavy (non-hydrogen) atoms. The Labute approximate surface area is 193 Å². The van der Waals surface area contributed by atoms with Gasteiger partial charge in [0.2, 0.25) is 0 Å². The minimum atomic E-state index is -1.06. The van der Waals surface area contributed by atoms with E-state index >= 15 is 0 Å². The number of ether oxygens (including phenoxy) is 3. The highest BCUT2D eigenvalue weighted by Gasteiger charge is 2.34. The molecule has 1 atom stereocenters. The summed E-state index contributed by atoms with van der Waals surface area (Å²) in [5.74, 6) is 0.670. The van der Waals surface area contributed by atoms with Crippen LogP contribution in [0, 0.1) is 0 Å². The van der Waals surface area contributed by atoms with Gasteiger partial charge in [-0.1, -0.05) is 24.3 Å². The van der Waals surface area contributed by atoms with Crippen molar-refractivity contribution in [3.63, 3.8) is 0 Å². The summed E-state index contributed by atoms with van der Waals surface area (Å²) in [6.07, 6.45) is 1.66. The van der Waals surface area contributed by atoms with Crippen molar-refractivity contribution in [2.24, 2.45) is 0 Å². The lowest BCUT2D eigenvalue weighted by molar-refractivity contribution is -0.145. The molecule has 8 nitrogen and oxygen atoms in total. The minimum Gasteiger partial charge on any atom is -0.494 e. The molecule has 0 N–H and O–H groups in total. The third-order valence-electron chi connectivity index (χ3n) is 5.57. The molecule has 1 aliphatic heterocycles. The number of likely N-dealkylation sites (N-methyl/N-ethyl adjacent to an activating group) is 1. The smallest absolute Gasteiger partial charge is 0.494 e. The van der Waals surface area contributed by atoms with Crippen LogP contribution in [0.2, 0.25) is 0 Å². The Bertz CT molecular complexity index is 961. The monoisotopic (exact) mass is 453 g/mol. The Balaban J connectivity index is 1.40. The van der Waals surface area contributed by atoms with Crippen molar-refractivity contribution in [1.82, 2.24) is 4.90 Å². The molecule has 1 unspecified atom stereocenters. The van der Waals surface area contributed by atoms with Gasteiger partial charge in [0.15, 0.2) is 0 Å². The minimum absolute atomic E-state index is 0.0330. The molecule has 0 amide bonds. The van der Waals surface area contributed by atoms with E-state index in [1.165, 1.54) is 5.56 Å². The van der Waals surface area contributed by atoms with E-state index in [1.54, 1.807) is 36.2 Å².